The Morgan fingerprint density at radius 2 is 2.21 bits per heavy atom. The van der Waals surface area contributed by atoms with Gasteiger partial charge in [-0.15, -0.1) is 0 Å². The zero-order chi connectivity index (χ0) is 14.3. The Kier molecular flexibility index (Phi) is 6.48. The summed E-state index contributed by atoms with van der Waals surface area (Å²) in [4.78, 5) is 14.1. The first kappa shape index (κ1) is 15.6. The Labute approximate surface area is 119 Å². The first-order valence-electron chi connectivity index (χ1n) is 6.14. The van der Waals surface area contributed by atoms with Crippen molar-refractivity contribution in [2.45, 2.75) is 6.92 Å². The number of benzene rings is 1. The highest BCUT2D eigenvalue weighted by atomic mass is 32.2. The lowest BCUT2D eigenvalue weighted by molar-refractivity contribution is 0.0803. The lowest BCUT2D eigenvalue weighted by atomic mass is 10.0. The summed E-state index contributed by atoms with van der Waals surface area (Å²) < 4.78 is 0. The van der Waals surface area contributed by atoms with Gasteiger partial charge in [-0.1, -0.05) is 17.9 Å². The number of carbonyl (C=O) groups excluding carboxylic acids is 1. The fourth-order valence-electron chi connectivity index (χ4n) is 1.63. The van der Waals surface area contributed by atoms with E-state index in [1.165, 1.54) is 0 Å². The first-order chi connectivity index (χ1) is 9.10. The molecule has 0 saturated carbocycles. The van der Waals surface area contributed by atoms with E-state index in [-0.39, 0.29) is 5.91 Å². The monoisotopic (exact) mass is 276 g/mol. The minimum Gasteiger partial charge on any atom is -0.341 e. The molecule has 0 aliphatic heterocycles. The number of carbonyl (C=O) groups is 1. The van der Waals surface area contributed by atoms with Crippen LogP contribution in [0.5, 0.6) is 0 Å². The minimum atomic E-state index is 0.00960. The van der Waals surface area contributed by atoms with Crippen LogP contribution in [0.2, 0.25) is 0 Å². The van der Waals surface area contributed by atoms with Crippen molar-refractivity contribution < 1.29 is 4.79 Å². The number of hydrogen-bond acceptors (Lipinski definition) is 3. The molecular formula is C15H20N2OS. The molecule has 1 amide bonds. The van der Waals surface area contributed by atoms with Gasteiger partial charge in [0.2, 0.25) is 0 Å². The molecule has 0 heterocycles. The topological polar surface area (TPSA) is 46.3 Å². The number of thioether (sulfide) groups is 1. The summed E-state index contributed by atoms with van der Waals surface area (Å²) in [6.45, 7) is 3.01. The molecule has 19 heavy (non-hydrogen) atoms. The van der Waals surface area contributed by atoms with Gasteiger partial charge in [0.15, 0.2) is 0 Å². The Hall–Kier alpha value is -1.44. The van der Waals surface area contributed by atoms with Crippen molar-refractivity contribution in [2.75, 3.05) is 32.1 Å². The molecule has 0 aliphatic carbocycles. The largest absolute Gasteiger partial charge is 0.341 e. The van der Waals surface area contributed by atoms with Gasteiger partial charge in [-0.25, -0.2) is 0 Å². The fraction of sp³-hybridized carbons (Fsp3) is 0.400. The lowest BCUT2D eigenvalue weighted by Crippen LogP contribution is -2.29. The van der Waals surface area contributed by atoms with Crippen LogP contribution in [0.15, 0.2) is 18.2 Å². The summed E-state index contributed by atoms with van der Waals surface area (Å²) in [5.41, 5.74) is 7.89. The summed E-state index contributed by atoms with van der Waals surface area (Å²) in [6.07, 6.45) is 2.03. The fourth-order valence-corrected chi connectivity index (χ4v) is 2.09. The van der Waals surface area contributed by atoms with Crippen LogP contribution in [-0.2, 0) is 0 Å². The zero-order valence-electron chi connectivity index (χ0n) is 11.7. The number of amides is 1. The van der Waals surface area contributed by atoms with Gasteiger partial charge in [0.05, 0.1) is 12.1 Å². The molecule has 0 fully saturated rings. The molecule has 0 bridgehead atoms. The van der Waals surface area contributed by atoms with Gasteiger partial charge >= 0.3 is 0 Å². The average Bonchev–Trinajstić information content (AvgIpc) is 2.41. The first-order valence-corrected chi connectivity index (χ1v) is 7.53. The van der Waals surface area contributed by atoms with E-state index in [0.717, 1.165) is 23.4 Å². The Morgan fingerprint density at radius 1 is 1.47 bits per heavy atom. The van der Waals surface area contributed by atoms with Crippen LogP contribution in [0.4, 0.5) is 0 Å². The predicted octanol–water partition coefficient (Wildman–Crippen LogP) is 1.74. The highest BCUT2D eigenvalue weighted by Gasteiger charge is 2.14. The van der Waals surface area contributed by atoms with Crippen LogP contribution in [0.25, 0.3) is 0 Å². The van der Waals surface area contributed by atoms with Gasteiger partial charge in [0.1, 0.15) is 0 Å². The van der Waals surface area contributed by atoms with Crippen LogP contribution < -0.4 is 5.73 Å². The third-order valence-corrected chi connectivity index (χ3v) is 3.30. The van der Waals surface area contributed by atoms with Crippen molar-refractivity contribution in [1.29, 1.82) is 0 Å². The molecule has 1 rings (SSSR count). The van der Waals surface area contributed by atoms with Crippen LogP contribution in [0, 0.1) is 18.8 Å². The molecule has 3 nitrogen and oxygen atoms in total. The maximum Gasteiger partial charge on any atom is 0.254 e. The van der Waals surface area contributed by atoms with Gasteiger partial charge in [-0.3, -0.25) is 4.79 Å². The molecule has 102 valence electrons. The average molecular weight is 276 g/mol. The van der Waals surface area contributed by atoms with E-state index in [1.54, 1.807) is 16.7 Å². The van der Waals surface area contributed by atoms with Crippen molar-refractivity contribution >= 4 is 17.7 Å². The molecule has 0 unspecified atom stereocenters. The summed E-state index contributed by atoms with van der Waals surface area (Å²) in [6, 6.07) is 5.70. The standard InChI is InChI=1S/C15H20N2OS/c1-12-6-7-14(13(11-12)5-4-8-16)15(18)17(2)9-10-19-3/h6-7,11H,8-10,16H2,1-3H3. The van der Waals surface area contributed by atoms with E-state index in [1.807, 2.05) is 38.4 Å². The van der Waals surface area contributed by atoms with E-state index in [4.69, 9.17) is 5.73 Å². The van der Waals surface area contributed by atoms with E-state index in [9.17, 15) is 4.79 Å². The van der Waals surface area contributed by atoms with E-state index >= 15 is 0 Å². The molecule has 1 aromatic rings. The van der Waals surface area contributed by atoms with Crippen LogP contribution >= 0.6 is 11.8 Å². The number of nitrogens with zero attached hydrogens (tertiary/aromatic N) is 1. The molecule has 4 heteroatoms. The van der Waals surface area contributed by atoms with Crippen molar-refractivity contribution in [2.24, 2.45) is 5.73 Å². The second-order valence-corrected chi connectivity index (χ2v) is 5.26. The smallest absolute Gasteiger partial charge is 0.254 e. The molecule has 0 aliphatic rings. The molecule has 1 aromatic carbocycles. The Morgan fingerprint density at radius 3 is 2.84 bits per heavy atom. The minimum absolute atomic E-state index is 0.00960. The normalized spacial score (nSPS) is 9.68. The number of hydrogen-bond donors (Lipinski definition) is 1. The van der Waals surface area contributed by atoms with Crippen molar-refractivity contribution in [3.05, 3.63) is 34.9 Å². The maximum absolute atomic E-state index is 12.4. The molecular weight excluding hydrogens is 256 g/mol. The molecule has 0 saturated heterocycles. The Bertz CT molecular complexity index is 503. The van der Waals surface area contributed by atoms with Crippen LogP contribution in [0.3, 0.4) is 0 Å². The summed E-state index contributed by atoms with van der Waals surface area (Å²) >= 11 is 1.72. The van der Waals surface area contributed by atoms with Gasteiger partial charge in [-0.2, -0.15) is 11.8 Å². The van der Waals surface area contributed by atoms with Gasteiger partial charge in [0.25, 0.3) is 5.91 Å². The van der Waals surface area contributed by atoms with Crippen molar-refractivity contribution in [3.63, 3.8) is 0 Å². The predicted molar refractivity (Wildman–Crippen MR) is 82.5 cm³/mol. The molecule has 0 spiro atoms. The second kappa shape index (κ2) is 7.88. The number of aryl methyl sites for hydroxylation is 1. The number of rotatable bonds is 4. The summed E-state index contributed by atoms with van der Waals surface area (Å²) in [5, 5.41) is 0. The Balaban J connectivity index is 3.01. The third kappa shape index (κ3) is 4.62. The maximum atomic E-state index is 12.4. The summed E-state index contributed by atoms with van der Waals surface area (Å²) in [7, 11) is 1.82. The second-order valence-electron chi connectivity index (χ2n) is 4.27. The van der Waals surface area contributed by atoms with Crippen molar-refractivity contribution in [1.82, 2.24) is 4.90 Å². The zero-order valence-corrected chi connectivity index (χ0v) is 12.5. The lowest BCUT2D eigenvalue weighted by Gasteiger charge is -2.17. The molecule has 0 radical (unpaired) electrons. The number of nitrogens with two attached hydrogens (primary N) is 1. The van der Waals surface area contributed by atoms with E-state index in [0.29, 0.717) is 12.1 Å². The highest BCUT2D eigenvalue weighted by Crippen LogP contribution is 2.13. The van der Waals surface area contributed by atoms with Crippen LogP contribution in [0.1, 0.15) is 21.5 Å². The van der Waals surface area contributed by atoms with Crippen molar-refractivity contribution in [3.8, 4) is 11.8 Å². The van der Waals surface area contributed by atoms with Gasteiger partial charge in [0, 0.05) is 24.9 Å². The van der Waals surface area contributed by atoms with Gasteiger partial charge < -0.3 is 10.6 Å². The molecule has 2 N–H and O–H groups in total. The van der Waals surface area contributed by atoms with Crippen LogP contribution in [-0.4, -0.2) is 43.0 Å². The highest BCUT2D eigenvalue weighted by molar-refractivity contribution is 7.98. The van der Waals surface area contributed by atoms with E-state index in [2.05, 4.69) is 11.8 Å². The molecule has 0 atom stereocenters. The van der Waals surface area contributed by atoms with E-state index < -0.39 is 0 Å². The SMILES string of the molecule is CSCCN(C)C(=O)c1ccc(C)cc1C#CCN. The third-order valence-electron chi connectivity index (χ3n) is 2.71. The summed E-state index contributed by atoms with van der Waals surface area (Å²) in [5.74, 6) is 6.73. The molecule has 0 aromatic heterocycles. The van der Waals surface area contributed by atoms with Gasteiger partial charge in [-0.05, 0) is 30.9 Å². The quantitative estimate of drug-likeness (QED) is 0.852.